The van der Waals surface area contributed by atoms with Gasteiger partial charge in [0.1, 0.15) is 17.6 Å². The standard InChI is InChI=1S/C16H16ClNO2/c1-19-12-4-2-3-10(7-12)16-9-14(18)13-8-11(17)5-6-15(13)20-16/h2-8,14,16H,9,18H2,1H3. The third-order valence-electron chi connectivity index (χ3n) is 3.57. The van der Waals surface area contributed by atoms with Crippen molar-refractivity contribution in [3.8, 4) is 11.5 Å². The zero-order valence-electron chi connectivity index (χ0n) is 11.2. The second-order valence-electron chi connectivity index (χ2n) is 4.91. The van der Waals surface area contributed by atoms with Gasteiger partial charge in [0.25, 0.3) is 0 Å². The number of methoxy groups -OCH3 is 1. The Labute approximate surface area is 123 Å². The van der Waals surface area contributed by atoms with Gasteiger partial charge in [0.05, 0.1) is 7.11 Å². The van der Waals surface area contributed by atoms with Crippen LogP contribution in [0.15, 0.2) is 42.5 Å². The molecule has 4 heteroatoms. The third-order valence-corrected chi connectivity index (χ3v) is 3.81. The van der Waals surface area contributed by atoms with Gasteiger partial charge in [-0.3, -0.25) is 0 Å². The van der Waals surface area contributed by atoms with Crippen molar-refractivity contribution >= 4 is 11.6 Å². The number of hydrogen-bond donors (Lipinski definition) is 1. The summed E-state index contributed by atoms with van der Waals surface area (Å²) in [5, 5.41) is 0.683. The van der Waals surface area contributed by atoms with Crippen molar-refractivity contribution in [1.29, 1.82) is 0 Å². The molecule has 1 aliphatic heterocycles. The minimum absolute atomic E-state index is 0.0613. The third kappa shape index (κ3) is 2.47. The summed E-state index contributed by atoms with van der Waals surface area (Å²) in [4.78, 5) is 0. The van der Waals surface area contributed by atoms with Crippen LogP contribution in [0.4, 0.5) is 0 Å². The van der Waals surface area contributed by atoms with Gasteiger partial charge in [0, 0.05) is 23.0 Å². The number of nitrogens with two attached hydrogens (primary N) is 1. The van der Waals surface area contributed by atoms with Crippen molar-refractivity contribution in [2.75, 3.05) is 7.11 Å². The predicted molar refractivity (Wildman–Crippen MR) is 79.4 cm³/mol. The molecule has 1 aliphatic rings. The molecule has 0 fully saturated rings. The summed E-state index contributed by atoms with van der Waals surface area (Å²) >= 11 is 6.01. The van der Waals surface area contributed by atoms with E-state index in [1.807, 2.05) is 42.5 Å². The molecule has 2 N–H and O–H groups in total. The van der Waals surface area contributed by atoms with Crippen molar-refractivity contribution < 1.29 is 9.47 Å². The second kappa shape index (κ2) is 5.35. The Hall–Kier alpha value is -1.71. The molecule has 0 saturated heterocycles. The molecule has 0 bridgehead atoms. The summed E-state index contributed by atoms with van der Waals surface area (Å²) in [6.07, 6.45) is 0.661. The van der Waals surface area contributed by atoms with Gasteiger partial charge in [0.15, 0.2) is 0 Å². The molecular weight excluding hydrogens is 274 g/mol. The fraction of sp³-hybridized carbons (Fsp3) is 0.250. The van der Waals surface area contributed by atoms with Crippen LogP contribution >= 0.6 is 11.6 Å². The molecule has 0 aliphatic carbocycles. The maximum atomic E-state index is 6.24. The van der Waals surface area contributed by atoms with E-state index in [2.05, 4.69) is 0 Å². The lowest BCUT2D eigenvalue weighted by Gasteiger charge is -2.30. The Balaban J connectivity index is 1.92. The van der Waals surface area contributed by atoms with Gasteiger partial charge in [-0.1, -0.05) is 23.7 Å². The average Bonchev–Trinajstić information content (AvgIpc) is 2.48. The minimum atomic E-state index is -0.0753. The van der Waals surface area contributed by atoms with E-state index in [-0.39, 0.29) is 12.1 Å². The molecule has 0 radical (unpaired) electrons. The van der Waals surface area contributed by atoms with Crippen LogP contribution in [0.1, 0.15) is 29.7 Å². The molecule has 2 aromatic rings. The minimum Gasteiger partial charge on any atom is -0.497 e. The van der Waals surface area contributed by atoms with Crippen LogP contribution in [-0.2, 0) is 0 Å². The summed E-state index contributed by atoms with van der Waals surface area (Å²) < 4.78 is 11.3. The van der Waals surface area contributed by atoms with Crippen molar-refractivity contribution in [2.24, 2.45) is 5.73 Å². The fourth-order valence-electron chi connectivity index (χ4n) is 2.52. The fourth-order valence-corrected chi connectivity index (χ4v) is 2.70. The van der Waals surface area contributed by atoms with Gasteiger partial charge in [-0.05, 0) is 35.9 Å². The lowest BCUT2D eigenvalue weighted by atomic mass is 9.93. The number of fused-ring (bicyclic) bond motifs is 1. The predicted octanol–water partition coefficient (Wildman–Crippen LogP) is 3.87. The van der Waals surface area contributed by atoms with E-state index in [1.54, 1.807) is 7.11 Å². The van der Waals surface area contributed by atoms with Crippen LogP contribution in [0.3, 0.4) is 0 Å². The molecule has 2 atom stereocenters. The van der Waals surface area contributed by atoms with Gasteiger partial charge in [-0.2, -0.15) is 0 Å². The summed E-state index contributed by atoms with van der Waals surface area (Å²) in [5.41, 5.74) is 8.28. The molecule has 2 aromatic carbocycles. The first-order valence-electron chi connectivity index (χ1n) is 6.53. The van der Waals surface area contributed by atoms with Crippen LogP contribution in [-0.4, -0.2) is 7.11 Å². The van der Waals surface area contributed by atoms with Crippen molar-refractivity contribution in [3.63, 3.8) is 0 Å². The average molecular weight is 290 g/mol. The highest BCUT2D eigenvalue weighted by atomic mass is 35.5. The number of benzene rings is 2. The highest BCUT2D eigenvalue weighted by Gasteiger charge is 2.27. The van der Waals surface area contributed by atoms with E-state index in [9.17, 15) is 0 Å². The van der Waals surface area contributed by atoms with Gasteiger partial charge >= 0.3 is 0 Å². The van der Waals surface area contributed by atoms with E-state index < -0.39 is 0 Å². The maximum Gasteiger partial charge on any atom is 0.126 e. The Kier molecular flexibility index (Phi) is 3.55. The van der Waals surface area contributed by atoms with Crippen molar-refractivity contribution in [2.45, 2.75) is 18.6 Å². The smallest absolute Gasteiger partial charge is 0.126 e. The second-order valence-corrected chi connectivity index (χ2v) is 5.34. The molecule has 3 rings (SSSR count). The van der Waals surface area contributed by atoms with Crippen molar-refractivity contribution in [3.05, 3.63) is 58.6 Å². The molecular formula is C16H16ClNO2. The van der Waals surface area contributed by atoms with Gasteiger partial charge in [-0.15, -0.1) is 0 Å². The Morgan fingerprint density at radius 3 is 2.90 bits per heavy atom. The molecule has 0 spiro atoms. The SMILES string of the molecule is COc1cccc(C2CC(N)c3cc(Cl)ccc3O2)c1. The molecule has 104 valence electrons. The molecule has 20 heavy (non-hydrogen) atoms. The quantitative estimate of drug-likeness (QED) is 0.913. The zero-order chi connectivity index (χ0) is 14.1. The Bertz CT molecular complexity index is 630. The first-order valence-corrected chi connectivity index (χ1v) is 6.91. The van der Waals surface area contributed by atoms with Gasteiger partial charge < -0.3 is 15.2 Å². The first-order chi connectivity index (χ1) is 9.67. The monoisotopic (exact) mass is 289 g/mol. The zero-order valence-corrected chi connectivity index (χ0v) is 11.9. The van der Waals surface area contributed by atoms with E-state index in [1.165, 1.54) is 0 Å². The summed E-state index contributed by atoms with van der Waals surface area (Å²) in [6, 6.07) is 13.4. The van der Waals surface area contributed by atoms with Gasteiger partial charge in [-0.25, -0.2) is 0 Å². The van der Waals surface area contributed by atoms with Crippen LogP contribution in [0.2, 0.25) is 5.02 Å². The van der Waals surface area contributed by atoms with Crippen LogP contribution < -0.4 is 15.2 Å². The molecule has 2 unspecified atom stereocenters. The highest BCUT2D eigenvalue weighted by Crippen LogP contribution is 2.41. The summed E-state index contributed by atoms with van der Waals surface area (Å²) in [5.74, 6) is 1.63. The number of halogens is 1. The van der Waals surface area contributed by atoms with E-state index in [0.717, 1.165) is 29.0 Å². The van der Waals surface area contributed by atoms with Crippen LogP contribution in [0.25, 0.3) is 0 Å². The molecule has 3 nitrogen and oxygen atoms in total. The van der Waals surface area contributed by atoms with E-state index in [0.29, 0.717) is 5.02 Å². The van der Waals surface area contributed by atoms with E-state index >= 15 is 0 Å². The Morgan fingerprint density at radius 2 is 2.10 bits per heavy atom. The summed E-state index contributed by atoms with van der Waals surface area (Å²) in [7, 11) is 1.66. The molecule has 1 heterocycles. The molecule has 0 amide bonds. The van der Waals surface area contributed by atoms with Crippen LogP contribution in [0, 0.1) is 0 Å². The number of hydrogen-bond acceptors (Lipinski definition) is 3. The molecule has 0 aromatic heterocycles. The maximum absolute atomic E-state index is 6.24. The highest BCUT2D eigenvalue weighted by molar-refractivity contribution is 6.30. The molecule has 0 saturated carbocycles. The lowest BCUT2D eigenvalue weighted by molar-refractivity contribution is 0.161. The van der Waals surface area contributed by atoms with E-state index in [4.69, 9.17) is 26.8 Å². The summed E-state index contributed by atoms with van der Waals surface area (Å²) in [6.45, 7) is 0. The number of rotatable bonds is 2. The first kappa shape index (κ1) is 13.3. The van der Waals surface area contributed by atoms with Crippen LogP contribution in [0.5, 0.6) is 11.5 Å². The number of ether oxygens (including phenoxy) is 2. The Morgan fingerprint density at radius 1 is 1.25 bits per heavy atom. The lowest BCUT2D eigenvalue weighted by Crippen LogP contribution is -2.24. The normalized spacial score (nSPS) is 20.9. The largest absolute Gasteiger partial charge is 0.497 e. The van der Waals surface area contributed by atoms with Gasteiger partial charge in [0.2, 0.25) is 0 Å². The van der Waals surface area contributed by atoms with Crippen molar-refractivity contribution in [1.82, 2.24) is 0 Å². The topological polar surface area (TPSA) is 44.5 Å².